The zero-order valence-electron chi connectivity index (χ0n) is 12.3. The molecule has 0 bridgehead atoms. The van der Waals surface area contributed by atoms with Gasteiger partial charge in [-0.2, -0.15) is 0 Å². The van der Waals surface area contributed by atoms with E-state index in [0.29, 0.717) is 5.92 Å². The Kier molecular flexibility index (Phi) is 6.13. The van der Waals surface area contributed by atoms with Gasteiger partial charge in [-0.15, -0.1) is 0 Å². The molecule has 1 aromatic rings. The van der Waals surface area contributed by atoms with Crippen LogP contribution in [0.4, 0.5) is 0 Å². The Labute approximate surface area is 111 Å². The highest BCUT2D eigenvalue weighted by molar-refractivity contribution is 5.33. The first-order valence-corrected chi connectivity index (χ1v) is 6.85. The number of aryl methyl sites for hydroxylation is 1. The summed E-state index contributed by atoms with van der Waals surface area (Å²) in [6.07, 6.45) is 3.23. The lowest BCUT2D eigenvalue weighted by Crippen LogP contribution is -2.18. The maximum absolute atomic E-state index is 6.05. The van der Waals surface area contributed by atoms with Crippen molar-refractivity contribution in [2.75, 3.05) is 6.54 Å². The van der Waals surface area contributed by atoms with Crippen LogP contribution >= 0.6 is 0 Å². The second kappa shape index (κ2) is 7.37. The first-order chi connectivity index (χ1) is 8.52. The average Bonchev–Trinajstić information content (AvgIpc) is 2.26. The number of pyridine rings is 1. The average molecular weight is 250 g/mol. The van der Waals surface area contributed by atoms with Crippen molar-refractivity contribution in [1.82, 2.24) is 10.3 Å². The second-order valence-corrected chi connectivity index (χ2v) is 5.27. The maximum Gasteiger partial charge on any atom is 0.127 e. The molecule has 0 aliphatic heterocycles. The van der Waals surface area contributed by atoms with Crippen LogP contribution in [-0.2, 0) is 6.54 Å². The smallest absolute Gasteiger partial charge is 0.127 e. The van der Waals surface area contributed by atoms with Crippen LogP contribution < -0.4 is 10.1 Å². The molecule has 3 heteroatoms. The van der Waals surface area contributed by atoms with Gasteiger partial charge in [-0.1, -0.05) is 20.8 Å². The van der Waals surface area contributed by atoms with Gasteiger partial charge in [0, 0.05) is 30.1 Å². The minimum atomic E-state index is 0.243. The summed E-state index contributed by atoms with van der Waals surface area (Å²) in [6, 6.07) is 2.03. The van der Waals surface area contributed by atoms with E-state index in [9.17, 15) is 0 Å². The monoisotopic (exact) mass is 250 g/mol. The Balaban J connectivity index is 2.74. The Morgan fingerprint density at radius 2 is 2.06 bits per heavy atom. The van der Waals surface area contributed by atoms with E-state index in [1.807, 2.05) is 19.2 Å². The van der Waals surface area contributed by atoms with Crippen LogP contribution in [0.5, 0.6) is 5.75 Å². The van der Waals surface area contributed by atoms with Crippen LogP contribution in [0.1, 0.15) is 45.4 Å². The zero-order chi connectivity index (χ0) is 13.5. The Morgan fingerprint density at radius 3 is 2.67 bits per heavy atom. The molecule has 1 N–H and O–H groups in total. The summed E-state index contributed by atoms with van der Waals surface area (Å²) >= 11 is 0. The number of aromatic nitrogens is 1. The topological polar surface area (TPSA) is 34.2 Å². The SMILES string of the molecule is CCNCc1cnc(C)cc1OC(C)CC(C)C. The van der Waals surface area contributed by atoms with Crippen molar-refractivity contribution in [2.24, 2.45) is 5.92 Å². The summed E-state index contributed by atoms with van der Waals surface area (Å²) in [5, 5.41) is 3.32. The molecule has 0 aliphatic rings. The lowest BCUT2D eigenvalue weighted by atomic mass is 10.1. The Hall–Kier alpha value is -1.09. The quantitative estimate of drug-likeness (QED) is 0.806. The molecule has 3 nitrogen and oxygen atoms in total. The Morgan fingerprint density at radius 1 is 1.33 bits per heavy atom. The van der Waals surface area contributed by atoms with Crippen LogP contribution in [-0.4, -0.2) is 17.6 Å². The van der Waals surface area contributed by atoms with Crippen molar-refractivity contribution >= 4 is 0 Å². The summed E-state index contributed by atoms with van der Waals surface area (Å²) in [5.74, 6) is 1.62. The van der Waals surface area contributed by atoms with Gasteiger partial charge < -0.3 is 10.1 Å². The molecule has 0 aromatic carbocycles. The van der Waals surface area contributed by atoms with E-state index >= 15 is 0 Å². The molecule has 18 heavy (non-hydrogen) atoms. The van der Waals surface area contributed by atoms with Crippen molar-refractivity contribution in [3.8, 4) is 5.75 Å². The third-order valence-electron chi connectivity index (χ3n) is 2.78. The molecule has 0 radical (unpaired) electrons. The van der Waals surface area contributed by atoms with Crippen LogP contribution in [0.3, 0.4) is 0 Å². The van der Waals surface area contributed by atoms with Crippen molar-refractivity contribution in [3.05, 3.63) is 23.5 Å². The third-order valence-corrected chi connectivity index (χ3v) is 2.78. The van der Waals surface area contributed by atoms with E-state index in [4.69, 9.17) is 4.74 Å². The number of nitrogens with one attached hydrogen (secondary N) is 1. The molecular formula is C15H26N2O. The van der Waals surface area contributed by atoms with Crippen molar-refractivity contribution in [3.63, 3.8) is 0 Å². The highest BCUT2D eigenvalue weighted by Gasteiger charge is 2.10. The predicted molar refractivity (Wildman–Crippen MR) is 75.9 cm³/mol. The lowest BCUT2D eigenvalue weighted by Gasteiger charge is -2.19. The second-order valence-electron chi connectivity index (χ2n) is 5.27. The number of hydrogen-bond donors (Lipinski definition) is 1. The standard InChI is InChI=1S/C15H26N2O/c1-6-16-9-14-10-17-12(4)8-15(14)18-13(5)7-11(2)3/h8,10-11,13,16H,6-7,9H2,1-5H3. The molecule has 0 saturated heterocycles. The highest BCUT2D eigenvalue weighted by atomic mass is 16.5. The molecular weight excluding hydrogens is 224 g/mol. The number of ether oxygens (including phenoxy) is 1. The zero-order valence-corrected chi connectivity index (χ0v) is 12.3. The maximum atomic E-state index is 6.05. The van der Waals surface area contributed by atoms with Gasteiger partial charge in [-0.25, -0.2) is 0 Å². The van der Waals surface area contributed by atoms with Gasteiger partial charge >= 0.3 is 0 Å². The van der Waals surface area contributed by atoms with E-state index in [1.54, 1.807) is 0 Å². The number of hydrogen-bond acceptors (Lipinski definition) is 3. The molecule has 1 heterocycles. The molecule has 0 fully saturated rings. The first-order valence-electron chi connectivity index (χ1n) is 6.85. The van der Waals surface area contributed by atoms with Crippen molar-refractivity contribution < 1.29 is 4.74 Å². The normalized spacial score (nSPS) is 12.8. The molecule has 0 spiro atoms. The van der Waals surface area contributed by atoms with Crippen LogP contribution in [0.15, 0.2) is 12.3 Å². The molecule has 0 amide bonds. The molecule has 1 unspecified atom stereocenters. The van der Waals surface area contributed by atoms with Gasteiger partial charge in [-0.3, -0.25) is 4.98 Å². The van der Waals surface area contributed by atoms with E-state index in [0.717, 1.165) is 36.5 Å². The van der Waals surface area contributed by atoms with Crippen LogP contribution in [0.2, 0.25) is 0 Å². The minimum Gasteiger partial charge on any atom is -0.490 e. The molecule has 0 aliphatic carbocycles. The summed E-state index contributed by atoms with van der Waals surface area (Å²) in [4.78, 5) is 4.34. The van der Waals surface area contributed by atoms with Gasteiger partial charge in [0.05, 0.1) is 6.10 Å². The summed E-state index contributed by atoms with van der Waals surface area (Å²) < 4.78 is 6.05. The Bertz CT molecular complexity index is 364. The summed E-state index contributed by atoms with van der Waals surface area (Å²) in [7, 11) is 0. The minimum absolute atomic E-state index is 0.243. The number of rotatable bonds is 7. The van der Waals surface area contributed by atoms with E-state index in [-0.39, 0.29) is 6.10 Å². The van der Waals surface area contributed by atoms with Gasteiger partial charge in [0.25, 0.3) is 0 Å². The third kappa shape index (κ3) is 5.05. The van der Waals surface area contributed by atoms with Gasteiger partial charge in [-0.05, 0) is 32.7 Å². The molecule has 1 aromatic heterocycles. The van der Waals surface area contributed by atoms with Gasteiger partial charge in [0.1, 0.15) is 5.75 Å². The van der Waals surface area contributed by atoms with E-state index < -0.39 is 0 Å². The molecule has 1 rings (SSSR count). The van der Waals surface area contributed by atoms with Crippen molar-refractivity contribution in [2.45, 2.75) is 53.7 Å². The highest BCUT2D eigenvalue weighted by Crippen LogP contribution is 2.21. The number of nitrogens with zero attached hydrogens (tertiary/aromatic N) is 1. The van der Waals surface area contributed by atoms with Crippen LogP contribution in [0, 0.1) is 12.8 Å². The fourth-order valence-electron chi connectivity index (χ4n) is 1.99. The fraction of sp³-hybridized carbons (Fsp3) is 0.667. The lowest BCUT2D eigenvalue weighted by molar-refractivity contribution is 0.191. The first kappa shape index (κ1) is 15.0. The fourth-order valence-corrected chi connectivity index (χ4v) is 1.99. The van der Waals surface area contributed by atoms with E-state index in [2.05, 4.69) is 38.0 Å². The van der Waals surface area contributed by atoms with Crippen molar-refractivity contribution in [1.29, 1.82) is 0 Å². The van der Waals surface area contributed by atoms with Gasteiger partial charge in [0.15, 0.2) is 0 Å². The van der Waals surface area contributed by atoms with Crippen LogP contribution in [0.25, 0.3) is 0 Å². The molecule has 0 saturated carbocycles. The van der Waals surface area contributed by atoms with Gasteiger partial charge in [0.2, 0.25) is 0 Å². The van der Waals surface area contributed by atoms with E-state index in [1.165, 1.54) is 0 Å². The predicted octanol–water partition coefficient (Wildman–Crippen LogP) is 3.31. The largest absolute Gasteiger partial charge is 0.490 e. The summed E-state index contributed by atoms with van der Waals surface area (Å²) in [6.45, 7) is 12.4. The molecule has 102 valence electrons. The molecule has 1 atom stereocenters. The summed E-state index contributed by atoms with van der Waals surface area (Å²) in [5.41, 5.74) is 2.14.